The maximum absolute atomic E-state index is 12.6. The van der Waals surface area contributed by atoms with Crippen molar-refractivity contribution >= 4 is 28.5 Å². The molecule has 0 spiro atoms. The molecule has 1 aliphatic rings. The molecule has 1 amide bonds. The Balaban J connectivity index is 1.77. The first kappa shape index (κ1) is 22.4. The highest BCUT2D eigenvalue weighted by Crippen LogP contribution is 2.32. The standard InChI is InChI=1S/C23H29ClN2O4/c1-5-26-8-6-7-16(26)12-25-22(27)10-18-15(4)17-9-19(24)21(29-13-14(2)3)11-20(17)30-23(18)28/h9,11,16H,2,5-8,10,12-13H2,1,3-4H3,(H,25,27)/t16-/m1/s1. The topological polar surface area (TPSA) is 71.8 Å². The number of amides is 1. The summed E-state index contributed by atoms with van der Waals surface area (Å²) in [5.74, 6) is 0.248. The molecule has 0 saturated carbocycles. The van der Waals surface area contributed by atoms with Crippen molar-refractivity contribution < 1.29 is 13.9 Å². The molecule has 1 saturated heterocycles. The van der Waals surface area contributed by atoms with Crippen LogP contribution in [0.25, 0.3) is 11.0 Å². The third-order valence-corrected chi connectivity index (χ3v) is 5.89. The third-order valence-electron chi connectivity index (χ3n) is 5.59. The van der Waals surface area contributed by atoms with Gasteiger partial charge in [0, 0.05) is 24.0 Å². The summed E-state index contributed by atoms with van der Waals surface area (Å²) >= 11 is 6.35. The lowest BCUT2D eigenvalue weighted by Crippen LogP contribution is -2.40. The van der Waals surface area contributed by atoms with E-state index in [0.29, 0.717) is 52.1 Å². The number of halogens is 1. The lowest BCUT2D eigenvalue weighted by molar-refractivity contribution is -0.120. The number of carbonyl (C=O) groups is 1. The largest absolute Gasteiger partial charge is 0.488 e. The molecule has 1 aliphatic heterocycles. The average molecular weight is 433 g/mol. The van der Waals surface area contributed by atoms with E-state index in [0.717, 1.165) is 31.5 Å². The molecule has 1 aromatic carbocycles. The summed E-state index contributed by atoms with van der Waals surface area (Å²) in [5.41, 5.74) is 1.77. The zero-order valence-electron chi connectivity index (χ0n) is 17.8. The predicted molar refractivity (Wildman–Crippen MR) is 120 cm³/mol. The van der Waals surface area contributed by atoms with Crippen LogP contribution in [0.5, 0.6) is 5.75 Å². The summed E-state index contributed by atoms with van der Waals surface area (Å²) in [6.45, 7) is 12.6. The van der Waals surface area contributed by atoms with Crippen LogP contribution < -0.4 is 15.7 Å². The van der Waals surface area contributed by atoms with Crippen LogP contribution in [-0.2, 0) is 11.2 Å². The van der Waals surface area contributed by atoms with E-state index >= 15 is 0 Å². The number of carbonyl (C=O) groups excluding carboxylic acids is 1. The summed E-state index contributed by atoms with van der Waals surface area (Å²) in [6.07, 6.45) is 2.22. The van der Waals surface area contributed by atoms with Crippen LogP contribution in [0.1, 0.15) is 37.8 Å². The van der Waals surface area contributed by atoms with E-state index in [1.807, 2.05) is 13.8 Å². The van der Waals surface area contributed by atoms with Crippen molar-refractivity contribution in [1.29, 1.82) is 0 Å². The normalized spacial score (nSPS) is 16.7. The predicted octanol–water partition coefficient (Wildman–Crippen LogP) is 3.85. The maximum atomic E-state index is 12.6. The Labute approximate surface area is 181 Å². The van der Waals surface area contributed by atoms with Gasteiger partial charge < -0.3 is 14.5 Å². The highest BCUT2D eigenvalue weighted by molar-refractivity contribution is 6.32. The van der Waals surface area contributed by atoms with Crippen LogP contribution in [0.3, 0.4) is 0 Å². The number of rotatable bonds is 8. The van der Waals surface area contributed by atoms with Gasteiger partial charge in [-0.3, -0.25) is 9.69 Å². The second-order valence-electron chi connectivity index (χ2n) is 7.92. The molecule has 0 radical (unpaired) electrons. The van der Waals surface area contributed by atoms with Gasteiger partial charge in [0.2, 0.25) is 5.91 Å². The Morgan fingerprint density at radius 3 is 2.90 bits per heavy atom. The highest BCUT2D eigenvalue weighted by atomic mass is 35.5. The fourth-order valence-corrected chi connectivity index (χ4v) is 4.12. The van der Waals surface area contributed by atoms with E-state index in [1.165, 1.54) is 0 Å². The summed E-state index contributed by atoms with van der Waals surface area (Å²) < 4.78 is 11.1. The zero-order chi connectivity index (χ0) is 21.8. The molecule has 0 bridgehead atoms. The quantitative estimate of drug-likeness (QED) is 0.506. The molecule has 7 heteroatoms. The Morgan fingerprint density at radius 2 is 2.20 bits per heavy atom. The summed E-state index contributed by atoms with van der Waals surface area (Å²) in [6, 6.07) is 3.68. The Morgan fingerprint density at radius 1 is 1.43 bits per heavy atom. The number of hydrogen-bond donors (Lipinski definition) is 1. The monoisotopic (exact) mass is 432 g/mol. The molecule has 3 rings (SSSR count). The van der Waals surface area contributed by atoms with Crippen LogP contribution in [0.15, 0.2) is 33.5 Å². The molecule has 30 heavy (non-hydrogen) atoms. The molecule has 0 aliphatic carbocycles. The number of ether oxygens (including phenoxy) is 1. The van der Waals surface area contributed by atoms with Crippen molar-refractivity contribution in [1.82, 2.24) is 10.2 Å². The molecule has 1 N–H and O–H groups in total. The van der Waals surface area contributed by atoms with E-state index in [2.05, 4.69) is 23.7 Å². The SMILES string of the molecule is C=C(C)COc1cc2oc(=O)c(CC(=O)NC[C@H]3CCCN3CC)c(C)c2cc1Cl. The number of nitrogens with one attached hydrogen (secondary N) is 1. The molecule has 1 fully saturated rings. The number of hydrogen-bond acceptors (Lipinski definition) is 5. The fraction of sp³-hybridized carbons (Fsp3) is 0.478. The van der Waals surface area contributed by atoms with Crippen LogP contribution in [0.2, 0.25) is 5.02 Å². The van der Waals surface area contributed by atoms with Gasteiger partial charge >= 0.3 is 5.63 Å². The Kier molecular flexibility index (Phi) is 7.21. The maximum Gasteiger partial charge on any atom is 0.340 e. The molecular formula is C23H29ClN2O4. The highest BCUT2D eigenvalue weighted by Gasteiger charge is 2.24. The number of benzene rings is 1. The number of likely N-dealkylation sites (N-methyl/N-ethyl adjacent to an activating group) is 1. The van der Waals surface area contributed by atoms with Gasteiger partial charge in [-0.25, -0.2) is 4.79 Å². The zero-order valence-corrected chi connectivity index (χ0v) is 18.6. The average Bonchev–Trinajstić information content (AvgIpc) is 3.16. The fourth-order valence-electron chi connectivity index (χ4n) is 3.90. The first-order valence-electron chi connectivity index (χ1n) is 10.3. The first-order valence-corrected chi connectivity index (χ1v) is 10.7. The van der Waals surface area contributed by atoms with Crippen molar-refractivity contribution in [2.45, 2.75) is 46.1 Å². The Hall–Kier alpha value is -2.31. The first-order chi connectivity index (χ1) is 14.3. The van der Waals surface area contributed by atoms with Gasteiger partial charge in [0.15, 0.2) is 0 Å². The van der Waals surface area contributed by atoms with E-state index in [-0.39, 0.29) is 12.3 Å². The van der Waals surface area contributed by atoms with Gasteiger partial charge in [-0.2, -0.15) is 0 Å². The minimum Gasteiger partial charge on any atom is -0.488 e. The third kappa shape index (κ3) is 5.05. The van der Waals surface area contributed by atoms with Crippen molar-refractivity contribution in [3.8, 4) is 5.75 Å². The van der Waals surface area contributed by atoms with Crippen LogP contribution in [-0.4, -0.2) is 43.1 Å². The van der Waals surface area contributed by atoms with E-state index in [4.69, 9.17) is 20.8 Å². The molecule has 2 heterocycles. The van der Waals surface area contributed by atoms with Crippen molar-refractivity contribution in [3.05, 3.63) is 50.9 Å². The van der Waals surface area contributed by atoms with Crippen LogP contribution >= 0.6 is 11.6 Å². The van der Waals surface area contributed by atoms with Crippen molar-refractivity contribution in [2.24, 2.45) is 0 Å². The minimum absolute atomic E-state index is 0.0194. The molecule has 2 aromatic rings. The second kappa shape index (κ2) is 9.67. The molecular weight excluding hydrogens is 404 g/mol. The van der Waals surface area contributed by atoms with E-state index in [9.17, 15) is 9.59 Å². The molecule has 1 atom stereocenters. The van der Waals surface area contributed by atoms with Crippen LogP contribution in [0, 0.1) is 6.92 Å². The number of nitrogens with zero attached hydrogens (tertiary/aromatic N) is 1. The van der Waals surface area contributed by atoms with Gasteiger partial charge in [-0.15, -0.1) is 0 Å². The minimum atomic E-state index is -0.514. The van der Waals surface area contributed by atoms with Gasteiger partial charge in [0.05, 0.1) is 17.0 Å². The van der Waals surface area contributed by atoms with Gasteiger partial charge in [0.1, 0.15) is 17.9 Å². The van der Waals surface area contributed by atoms with Crippen molar-refractivity contribution in [3.63, 3.8) is 0 Å². The van der Waals surface area contributed by atoms with Gasteiger partial charge in [-0.1, -0.05) is 25.1 Å². The summed E-state index contributed by atoms with van der Waals surface area (Å²) in [4.78, 5) is 27.4. The molecule has 6 nitrogen and oxygen atoms in total. The molecule has 0 unspecified atom stereocenters. The van der Waals surface area contributed by atoms with Crippen molar-refractivity contribution in [2.75, 3.05) is 26.2 Å². The summed E-state index contributed by atoms with van der Waals surface area (Å²) in [5, 5.41) is 4.08. The lowest BCUT2D eigenvalue weighted by atomic mass is 10.0. The number of likely N-dealkylation sites (tertiary alicyclic amines) is 1. The smallest absolute Gasteiger partial charge is 0.340 e. The van der Waals surface area contributed by atoms with Gasteiger partial charge in [0.25, 0.3) is 0 Å². The molecule has 1 aromatic heterocycles. The second-order valence-corrected chi connectivity index (χ2v) is 8.33. The van der Waals surface area contributed by atoms with E-state index in [1.54, 1.807) is 12.1 Å². The molecule has 162 valence electrons. The number of fused-ring (bicyclic) bond motifs is 1. The van der Waals surface area contributed by atoms with E-state index < -0.39 is 5.63 Å². The number of aryl methyl sites for hydroxylation is 1. The Bertz CT molecular complexity index is 1010. The van der Waals surface area contributed by atoms with Crippen LogP contribution in [0.4, 0.5) is 0 Å². The summed E-state index contributed by atoms with van der Waals surface area (Å²) in [7, 11) is 0. The van der Waals surface area contributed by atoms with Gasteiger partial charge in [-0.05, 0) is 57.0 Å². The lowest BCUT2D eigenvalue weighted by Gasteiger charge is -2.22.